The topological polar surface area (TPSA) is 51.0 Å². The molecule has 0 saturated carbocycles. The number of hydrogen-bond acceptors (Lipinski definition) is 3. The molecular formula is C25H23FN4O. The number of hydrogen-bond donors (Lipinski definition) is 0. The van der Waals surface area contributed by atoms with E-state index in [1.807, 2.05) is 35.2 Å². The van der Waals surface area contributed by atoms with Crippen LogP contribution < -0.4 is 4.90 Å². The van der Waals surface area contributed by atoms with Crippen molar-refractivity contribution in [2.45, 2.75) is 32.2 Å². The van der Waals surface area contributed by atoms with Gasteiger partial charge in [-0.1, -0.05) is 30.3 Å². The molecule has 2 aromatic heterocycles. The number of amides is 1. The molecule has 2 aromatic carbocycles. The molecule has 0 saturated heterocycles. The van der Waals surface area contributed by atoms with Crippen LogP contribution in [0.2, 0.25) is 0 Å². The highest BCUT2D eigenvalue weighted by molar-refractivity contribution is 5.95. The second-order valence-electron chi connectivity index (χ2n) is 7.86. The van der Waals surface area contributed by atoms with E-state index in [1.54, 1.807) is 18.3 Å². The van der Waals surface area contributed by atoms with Crippen LogP contribution in [0.4, 0.5) is 10.1 Å². The van der Waals surface area contributed by atoms with E-state index >= 15 is 0 Å². The standard InChI is InChI=1S/C25H23FN4O/c26-20-12-10-18(11-13-20)17-30-23(28-21-6-4-15-27-25(21)30)8-3-9-24(31)29-16-14-19-5-1-2-7-22(19)29/h1-2,4-7,10-13,15H,3,8-9,14,16-17H2. The molecule has 31 heavy (non-hydrogen) atoms. The zero-order chi connectivity index (χ0) is 21.2. The Bertz CT molecular complexity index is 1230. The Morgan fingerprint density at radius 3 is 2.74 bits per heavy atom. The molecule has 3 heterocycles. The van der Waals surface area contributed by atoms with Gasteiger partial charge in [0.1, 0.15) is 17.2 Å². The summed E-state index contributed by atoms with van der Waals surface area (Å²) in [5.74, 6) is 0.802. The summed E-state index contributed by atoms with van der Waals surface area (Å²) >= 11 is 0. The highest BCUT2D eigenvalue weighted by Crippen LogP contribution is 2.28. The number of rotatable bonds is 6. The molecule has 0 radical (unpaired) electrons. The Balaban J connectivity index is 1.31. The largest absolute Gasteiger partial charge is 0.312 e. The van der Waals surface area contributed by atoms with Crippen molar-refractivity contribution < 1.29 is 9.18 Å². The van der Waals surface area contributed by atoms with Crippen molar-refractivity contribution >= 4 is 22.8 Å². The molecule has 4 aromatic rings. The van der Waals surface area contributed by atoms with Crippen molar-refractivity contribution in [3.8, 4) is 0 Å². The Kier molecular flexibility index (Phi) is 5.20. The minimum atomic E-state index is -0.250. The van der Waals surface area contributed by atoms with Crippen LogP contribution in [0, 0.1) is 5.82 Å². The maximum Gasteiger partial charge on any atom is 0.227 e. The Labute approximate surface area is 180 Å². The molecule has 5 nitrogen and oxygen atoms in total. The summed E-state index contributed by atoms with van der Waals surface area (Å²) < 4.78 is 15.4. The van der Waals surface area contributed by atoms with Gasteiger partial charge in [-0.2, -0.15) is 0 Å². The molecule has 0 fully saturated rings. The fourth-order valence-electron chi connectivity index (χ4n) is 4.26. The van der Waals surface area contributed by atoms with E-state index in [1.165, 1.54) is 17.7 Å². The molecule has 0 unspecified atom stereocenters. The third-order valence-electron chi connectivity index (χ3n) is 5.82. The number of para-hydroxylation sites is 1. The van der Waals surface area contributed by atoms with Gasteiger partial charge in [-0.3, -0.25) is 4.79 Å². The molecule has 0 spiro atoms. The van der Waals surface area contributed by atoms with Gasteiger partial charge in [-0.05, 0) is 54.3 Å². The second kappa shape index (κ2) is 8.30. The smallest absolute Gasteiger partial charge is 0.227 e. The third-order valence-corrected chi connectivity index (χ3v) is 5.82. The van der Waals surface area contributed by atoms with E-state index in [-0.39, 0.29) is 11.7 Å². The van der Waals surface area contributed by atoms with Gasteiger partial charge < -0.3 is 9.47 Å². The molecule has 1 amide bonds. The lowest BCUT2D eigenvalue weighted by molar-refractivity contribution is -0.118. The Hall–Kier alpha value is -3.54. The van der Waals surface area contributed by atoms with Gasteiger partial charge in [0.15, 0.2) is 5.65 Å². The van der Waals surface area contributed by atoms with Gasteiger partial charge in [0.2, 0.25) is 5.91 Å². The van der Waals surface area contributed by atoms with Gasteiger partial charge in [0.05, 0.1) is 6.54 Å². The molecule has 1 aliphatic rings. The van der Waals surface area contributed by atoms with E-state index in [4.69, 9.17) is 4.98 Å². The summed E-state index contributed by atoms with van der Waals surface area (Å²) in [6.45, 7) is 1.32. The van der Waals surface area contributed by atoms with Crippen molar-refractivity contribution in [2.75, 3.05) is 11.4 Å². The van der Waals surface area contributed by atoms with Gasteiger partial charge in [-0.25, -0.2) is 14.4 Å². The average molecular weight is 414 g/mol. The fourth-order valence-corrected chi connectivity index (χ4v) is 4.26. The highest BCUT2D eigenvalue weighted by atomic mass is 19.1. The maximum atomic E-state index is 13.3. The number of pyridine rings is 1. The number of aryl methyl sites for hydroxylation is 1. The van der Waals surface area contributed by atoms with Crippen molar-refractivity contribution in [3.05, 3.63) is 89.6 Å². The number of carbonyl (C=O) groups excluding carboxylic acids is 1. The first-order valence-electron chi connectivity index (χ1n) is 10.6. The SMILES string of the molecule is O=C(CCCc1nc2cccnc2n1Cc1ccc(F)cc1)N1CCc2ccccc21. The van der Waals surface area contributed by atoms with Crippen LogP contribution in [0.5, 0.6) is 0 Å². The quantitative estimate of drug-likeness (QED) is 0.466. The summed E-state index contributed by atoms with van der Waals surface area (Å²) in [5.41, 5.74) is 4.90. The van der Waals surface area contributed by atoms with E-state index in [0.29, 0.717) is 25.8 Å². The van der Waals surface area contributed by atoms with Crippen molar-refractivity contribution in [1.29, 1.82) is 0 Å². The van der Waals surface area contributed by atoms with Crippen LogP contribution in [-0.4, -0.2) is 27.0 Å². The zero-order valence-electron chi connectivity index (χ0n) is 17.2. The zero-order valence-corrected chi connectivity index (χ0v) is 17.2. The van der Waals surface area contributed by atoms with Crippen LogP contribution in [0.3, 0.4) is 0 Å². The summed E-state index contributed by atoms with van der Waals surface area (Å²) in [4.78, 5) is 24.0. The van der Waals surface area contributed by atoms with Crippen LogP contribution in [0.25, 0.3) is 11.2 Å². The molecule has 1 aliphatic heterocycles. The number of anilines is 1. The molecule has 0 N–H and O–H groups in total. The van der Waals surface area contributed by atoms with E-state index in [2.05, 4.69) is 15.6 Å². The lowest BCUT2D eigenvalue weighted by Gasteiger charge is -2.17. The highest BCUT2D eigenvalue weighted by Gasteiger charge is 2.23. The number of aromatic nitrogens is 3. The van der Waals surface area contributed by atoms with Crippen LogP contribution >= 0.6 is 0 Å². The number of halogens is 1. The first-order valence-corrected chi connectivity index (χ1v) is 10.6. The molecule has 156 valence electrons. The Morgan fingerprint density at radius 1 is 1.03 bits per heavy atom. The molecular weight excluding hydrogens is 391 g/mol. The van der Waals surface area contributed by atoms with Gasteiger partial charge in [-0.15, -0.1) is 0 Å². The maximum absolute atomic E-state index is 13.3. The van der Waals surface area contributed by atoms with E-state index in [9.17, 15) is 9.18 Å². The molecule has 0 bridgehead atoms. The van der Waals surface area contributed by atoms with Gasteiger partial charge in [0, 0.05) is 31.3 Å². The van der Waals surface area contributed by atoms with Gasteiger partial charge in [0.25, 0.3) is 0 Å². The second-order valence-corrected chi connectivity index (χ2v) is 7.86. The number of nitrogens with zero attached hydrogens (tertiary/aromatic N) is 4. The summed E-state index contributed by atoms with van der Waals surface area (Å²) in [5, 5.41) is 0. The average Bonchev–Trinajstić information content (AvgIpc) is 3.37. The number of fused-ring (bicyclic) bond motifs is 2. The van der Waals surface area contributed by atoms with Crippen LogP contribution in [0.1, 0.15) is 29.8 Å². The van der Waals surface area contributed by atoms with Gasteiger partial charge >= 0.3 is 0 Å². The summed E-state index contributed by atoms with van der Waals surface area (Å²) in [6.07, 6.45) is 4.54. The minimum absolute atomic E-state index is 0.157. The summed E-state index contributed by atoms with van der Waals surface area (Å²) in [6, 6.07) is 18.4. The van der Waals surface area contributed by atoms with Crippen LogP contribution in [0.15, 0.2) is 66.9 Å². The molecule has 6 heteroatoms. The predicted octanol–water partition coefficient (Wildman–Crippen LogP) is 4.53. The number of carbonyl (C=O) groups is 1. The third kappa shape index (κ3) is 3.93. The van der Waals surface area contributed by atoms with Crippen molar-refractivity contribution in [1.82, 2.24) is 14.5 Å². The van der Waals surface area contributed by atoms with Crippen LogP contribution in [-0.2, 0) is 24.2 Å². The fraction of sp³-hybridized carbons (Fsp3) is 0.240. The monoisotopic (exact) mass is 414 g/mol. The Morgan fingerprint density at radius 2 is 1.87 bits per heavy atom. The lowest BCUT2D eigenvalue weighted by Crippen LogP contribution is -2.28. The lowest BCUT2D eigenvalue weighted by atomic mass is 10.1. The predicted molar refractivity (Wildman–Crippen MR) is 118 cm³/mol. The van der Waals surface area contributed by atoms with Crippen molar-refractivity contribution in [3.63, 3.8) is 0 Å². The molecule has 5 rings (SSSR count). The molecule has 0 atom stereocenters. The first kappa shape index (κ1) is 19.4. The normalized spacial score (nSPS) is 13.0. The van der Waals surface area contributed by atoms with Crippen molar-refractivity contribution in [2.24, 2.45) is 0 Å². The van der Waals surface area contributed by atoms with E-state index < -0.39 is 0 Å². The number of imidazole rings is 1. The molecule has 0 aliphatic carbocycles. The minimum Gasteiger partial charge on any atom is -0.312 e. The van der Waals surface area contributed by atoms with E-state index in [0.717, 1.165) is 41.2 Å². The summed E-state index contributed by atoms with van der Waals surface area (Å²) in [7, 11) is 0. The number of benzene rings is 2. The first-order chi connectivity index (χ1) is 15.2.